The van der Waals surface area contributed by atoms with E-state index < -0.39 is 12.1 Å². The van der Waals surface area contributed by atoms with E-state index in [2.05, 4.69) is 31.0 Å². The Kier molecular flexibility index (Phi) is 8.85. The first kappa shape index (κ1) is 25.5. The van der Waals surface area contributed by atoms with Crippen molar-refractivity contribution in [3.8, 4) is 5.88 Å². The second-order valence-electron chi connectivity index (χ2n) is 7.21. The summed E-state index contributed by atoms with van der Waals surface area (Å²) >= 11 is 12.1. The highest BCUT2D eigenvalue weighted by atomic mass is 35.5. The molecule has 3 aromatic rings. The lowest BCUT2D eigenvalue weighted by Crippen LogP contribution is -2.28. The fourth-order valence-corrected chi connectivity index (χ4v) is 3.41. The number of halogens is 2. The van der Waals surface area contributed by atoms with Crippen molar-refractivity contribution in [2.75, 3.05) is 30.9 Å². The number of hydrogen-bond donors (Lipinski definition) is 3. The highest BCUT2D eigenvalue weighted by Gasteiger charge is 2.20. The first-order valence-electron chi connectivity index (χ1n) is 10.5. The number of aromatic nitrogens is 4. The largest absolute Gasteiger partial charge is 0.474 e. The van der Waals surface area contributed by atoms with Crippen LogP contribution in [0.2, 0.25) is 10.2 Å². The van der Waals surface area contributed by atoms with Gasteiger partial charge in [-0.1, -0.05) is 30.1 Å². The second kappa shape index (κ2) is 11.8. The van der Waals surface area contributed by atoms with E-state index >= 15 is 0 Å². The highest BCUT2D eigenvalue weighted by Crippen LogP contribution is 2.28. The van der Waals surface area contributed by atoms with Crippen LogP contribution in [-0.2, 0) is 9.53 Å². The van der Waals surface area contributed by atoms with Crippen LogP contribution in [0.15, 0.2) is 24.5 Å². The summed E-state index contributed by atoms with van der Waals surface area (Å²) < 4.78 is 12.6. The second-order valence-corrected chi connectivity index (χ2v) is 8.03. The zero-order chi connectivity index (χ0) is 24.7. The molecule has 182 valence electrons. The lowest BCUT2D eigenvalue weighted by molar-refractivity contribution is -0.121. The van der Waals surface area contributed by atoms with Gasteiger partial charge >= 0.3 is 6.03 Å². The Hall–Kier alpha value is -3.15. The molecule has 0 saturated carbocycles. The van der Waals surface area contributed by atoms with E-state index in [4.69, 9.17) is 32.7 Å². The number of carbonyl (C=O) groups excluding carboxylic acids is 2. The minimum Gasteiger partial charge on any atom is -0.474 e. The molecular weight excluding hydrogens is 485 g/mol. The molecule has 0 aliphatic rings. The van der Waals surface area contributed by atoms with Crippen LogP contribution in [0.4, 0.5) is 16.2 Å². The van der Waals surface area contributed by atoms with Crippen molar-refractivity contribution < 1.29 is 19.1 Å². The molecule has 0 aliphatic carbocycles. The lowest BCUT2D eigenvalue weighted by Gasteiger charge is -2.17. The molecule has 3 N–H and O–H groups in total. The number of urea groups is 1. The fraction of sp³-hybridized carbons (Fsp3) is 0.381. The summed E-state index contributed by atoms with van der Waals surface area (Å²) in [5, 5.41) is 12.9. The number of amides is 3. The van der Waals surface area contributed by atoms with Crippen molar-refractivity contribution in [3.63, 3.8) is 0 Å². The molecule has 0 spiro atoms. The Labute approximate surface area is 206 Å². The quantitative estimate of drug-likeness (QED) is 0.350. The van der Waals surface area contributed by atoms with E-state index in [0.29, 0.717) is 35.0 Å². The van der Waals surface area contributed by atoms with Gasteiger partial charge in [-0.25, -0.2) is 19.3 Å². The Balaban J connectivity index is 1.73. The number of methoxy groups -OCH3 is 1. The van der Waals surface area contributed by atoms with Crippen LogP contribution >= 0.6 is 23.2 Å². The summed E-state index contributed by atoms with van der Waals surface area (Å²) in [6.45, 7) is 4.19. The molecule has 11 nitrogen and oxygen atoms in total. The molecule has 0 unspecified atom stereocenters. The SMILES string of the molecule is CCCC(=O)NCCOc1ncc(Cl)cc1NC(=O)Nc1cnc2cc(Cl)nn2c1[C@H](C)OC. The van der Waals surface area contributed by atoms with E-state index in [1.807, 2.05) is 6.92 Å². The van der Waals surface area contributed by atoms with Crippen molar-refractivity contribution in [3.05, 3.63) is 40.4 Å². The Morgan fingerprint density at radius 3 is 2.65 bits per heavy atom. The topological polar surface area (TPSA) is 132 Å². The van der Waals surface area contributed by atoms with Crippen LogP contribution in [0.1, 0.15) is 38.5 Å². The molecule has 0 saturated heterocycles. The molecule has 3 amide bonds. The van der Waals surface area contributed by atoms with Crippen LogP contribution in [0, 0.1) is 0 Å². The summed E-state index contributed by atoms with van der Waals surface area (Å²) in [5.74, 6) is 0.0974. The average molecular weight is 510 g/mol. The number of hydrogen-bond acceptors (Lipinski definition) is 7. The van der Waals surface area contributed by atoms with Crippen molar-refractivity contribution in [2.45, 2.75) is 32.8 Å². The van der Waals surface area contributed by atoms with Gasteiger partial charge in [-0.3, -0.25) is 4.79 Å². The predicted octanol–water partition coefficient (Wildman–Crippen LogP) is 4.08. The Morgan fingerprint density at radius 1 is 1.15 bits per heavy atom. The summed E-state index contributed by atoms with van der Waals surface area (Å²) in [5.41, 5.74) is 1.69. The molecule has 0 bridgehead atoms. The van der Waals surface area contributed by atoms with Gasteiger partial charge in [0.1, 0.15) is 12.3 Å². The van der Waals surface area contributed by atoms with Gasteiger partial charge < -0.3 is 25.4 Å². The molecule has 1 atom stereocenters. The highest BCUT2D eigenvalue weighted by molar-refractivity contribution is 6.31. The van der Waals surface area contributed by atoms with Gasteiger partial charge in [0, 0.05) is 25.8 Å². The average Bonchev–Trinajstić information content (AvgIpc) is 3.17. The first-order valence-corrected chi connectivity index (χ1v) is 11.3. The first-order chi connectivity index (χ1) is 16.3. The molecule has 34 heavy (non-hydrogen) atoms. The number of rotatable bonds is 10. The van der Waals surface area contributed by atoms with E-state index in [9.17, 15) is 9.59 Å². The van der Waals surface area contributed by atoms with Crippen LogP contribution in [0.25, 0.3) is 5.65 Å². The van der Waals surface area contributed by atoms with E-state index in [1.54, 1.807) is 13.0 Å². The molecule has 0 fully saturated rings. The van der Waals surface area contributed by atoms with Crippen molar-refractivity contribution >= 4 is 52.2 Å². The minimum absolute atomic E-state index is 0.0574. The number of fused-ring (bicyclic) bond motifs is 1. The minimum atomic E-state index is -0.589. The van der Waals surface area contributed by atoms with Gasteiger partial charge in [0.05, 0.1) is 35.2 Å². The van der Waals surface area contributed by atoms with Gasteiger partial charge in [-0.2, -0.15) is 5.10 Å². The van der Waals surface area contributed by atoms with Crippen molar-refractivity contribution in [2.24, 2.45) is 0 Å². The maximum atomic E-state index is 12.8. The van der Waals surface area contributed by atoms with Gasteiger partial charge in [-0.05, 0) is 19.4 Å². The zero-order valence-corrected chi connectivity index (χ0v) is 20.4. The number of ether oxygens (including phenoxy) is 2. The van der Waals surface area contributed by atoms with Crippen molar-refractivity contribution in [1.29, 1.82) is 0 Å². The molecule has 13 heteroatoms. The molecule has 0 radical (unpaired) electrons. The molecular formula is C21H25Cl2N7O4. The smallest absolute Gasteiger partial charge is 0.323 e. The summed E-state index contributed by atoms with van der Waals surface area (Å²) in [6, 6.07) is 2.52. The monoisotopic (exact) mass is 509 g/mol. The van der Waals surface area contributed by atoms with Crippen LogP contribution < -0.4 is 20.7 Å². The third-order valence-corrected chi connectivity index (χ3v) is 5.08. The normalized spacial score (nSPS) is 11.8. The third-order valence-electron chi connectivity index (χ3n) is 4.68. The predicted molar refractivity (Wildman–Crippen MR) is 129 cm³/mol. The van der Waals surface area contributed by atoms with E-state index in [-0.39, 0.29) is 29.2 Å². The van der Waals surface area contributed by atoms with E-state index in [1.165, 1.54) is 30.1 Å². The van der Waals surface area contributed by atoms with Gasteiger partial charge in [-0.15, -0.1) is 0 Å². The van der Waals surface area contributed by atoms with Gasteiger partial charge in [0.15, 0.2) is 10.8 Å². The zero-order valence-electron chi connectivity index (χ0n) is 18.9. The number of pyridine rings is 1. The third kappa shape index (κ3) is 6.46. The Bertz CT molecular complexity index is 1170. The number of nitrogens with one attached hydrogen (secondary N) is 3. The van der Waals surface area contributed by atoms with Gasteiger partial charge in [0.25, 0.3) is 0 Å². The number of nitrogens with zero attached hydrogens (tertiary/aromatic N) is 4. The maximum Gasteiger partial charge on any atom is 0.323 e. The molecule has 3 rings (SSSR count). The molecule has 0 aromatic carbocycles. The molecule has 3 aromatic heterocycles. The summed E-state index contributed by atoms with van der Waals surface area (Å²) in [7, 11) is 1.54. The van der Waals surface area contributed by atoms with Crippen molar-refractivity contribution in [1.82, 2.24) is 24.9 Å². The Morgan fingerprint density at radius 2 is 1.91 bits per heavy atom. The van der Waals surface area contributed by atoms with Crippen LogP contribution in [0.5, 0.6) is 5.88 Å². The number of anilines is 2. The standard InChI is InChI=1S/C21H25Cl2N7O4/c1-4-5-18(31)24-6-7-34-20-14(8-13(22)10-26-20)27-21(32)28-15-11-25-17-9-16(23)29-30(17)19(15)12(2)33-3/h8-12H,4-7H2,1-3H3,(H,24,31)(H2,27,28,32)/t12-/m0/s1. The molecule has 0 aliphatic heterocycles. The maximum absolute atomic E-state index is 12.8. The van der Waals surface area contributed by atoms with Gasteiger partial charge in [0.2, 0.25) is 11.8 Å². The van der Waals surface area contributed by atoms with Crippen LogP contribution in [-0.4, -0.2) is 51.8 Å². The fourth-order valence-electron chi connectivity index (χ4n) is 3.08. The summed E-state index contributed by atoms with van der Waals surface area (Å²) in [4.78, 5) is 32.8. The van der Waals surface area contributed by atoms with Crippen LogP contribution in [0.3, 0.4) is 0 Å². The summed E-state index contributed by atoms with van der Waals surface area (Å²) in [6.07, 6.45) is 3.67. The molecule has 3 heterocycles. The number of carbonyl (C=O) groups is 2. The lowest BCUT2D eigenvalue weighted by atomic mass is 10.2. The van der Waals surface area contributed by atoms with E-state index in [0.717, 1.165) is 6.42 Å².